The van der Waals surface area contributed by atoms with Gasteiger partial charge >= 0.3 is 5.97 Å². The Morgan fingerprint density at radius 2 is 2.38 bits per heavy atom. The van der Waals surface area contributed by atoms with E-state index in [9.17, 15) is 4.79 Å². The molecule has 1 heterocycles. The highest BCUT2D eigenvalue weighted by Crippen LogP contribution is 2.25. The highest BCUT2D eigenvalue weighted by atomic mass is 28.3. The van der Waals surface area contributed by atoms with E-state index in [2.05, 4.69) is 0 Å². The van der Waals surface area contributed by atoms with E-state index in [0.29, 0.717) is 0 Å². The number of carboxylic acid groups (broad SMARTS) is 1. The van der Waals surface area contributed by atoms with Crippen LogP contribution in [0.15, 0.2) is 0 Å². The van der Waals surface area contributed by atoms with Gasteiger partial charge in [-0.15, -0.1) is 0 Å². The molecular formula is C9H17O3Si. The maximum atomic E-state index is 10.9. The van der Waals surface area contributed by atoms with Crippen molar-refractivity contribution in [1.82, 2.24) is 0 Å². The Morgan fingerprint density at radius 1 is 1.62 bits per heavy atom. The molecule has 0 aromatic heterocycles. The highest BCUT2D eigenvalue weighted by molar-refractivity contribution is 6.58. The molecule has 0 aliphatic carbocycles. The van der Waals surface area contributed by atoms with Gasteiger partial charge < -0.3 is 9.53 Å². The van der Waals surface area contributed by atoms with Crippen LogP contribution in [0, 0.1) is 0 Å². The van der Waals surface area contributed by atoms with E-state index in [-0.39, 0.29) is 5.54 Å². The second kappa shape index (κ2) is 5.39. The maximum Gasteiger partial charge on any atom is 0.305 e. The summed E-state index contributed by atoms with van der Waals surface area (Å²) in [5.74, 6) is -0.655. The molecule has 0 saturated carbocycles. The summed E-state index contributed by atoms with van der Waals surface area (Å²) in [7, 11) is -1.05. The lowest BCUT2D eigenvalue weighted by molar-refractivity contribution is -0.137. The zero-order chi connectivity index (χ0) is 9.68. The predicted octanol–water partition coefficient (Wildman–Crippen LogP) is 2.04. The molecule has 1 rings (SSSR count). The minimum Gasteiger partial charge on any atom is -0.481 e. The van der Waals surface area contributed by atoms with E-state index in [0.717, 1.165) is 38.3 Å². The van der Waals surface area contributed by atoms with Gasteiger partial charge in [-0.2, -0.15) is 0 Å². The molecule has 13 heavy (non-hydrogen) atoms. The molecule has 1 aliphatic rings. The number of carboxylic acids is 1. The van der Waals surface area contributed by atoms with Gasteiger partial charge in [0.2, 0.25) is 9.04 Å². The number of hydrogen-bond acceptors (Lipinski definition) is 2. The van der Waals surface area contributed by atoms with Crippen LogP contribution in [0.25, 0.3) is 0 Å². The molecule has 1 fully saturated rings. The van der Waals surface area contributed by atoms with Gasteiger partial charge in [0.15, 0.2) is 0 Å². The molecule has 1 atom stereocenters. The van der Waals surface area contributed by atoms with Crippen LogP contribution in [0.3, 0.4) is 0 Å². The molecule has 0 spiro atoms. The molecule has 1 radical (unpaired) electrons. The first-order valence-electron chi connectivity index (χ1n) is 4.97. The van der Waals surface area contributed by atoms with E-state index >= 15 is 0 Å². The monoisotopic (exact) mass is 201 g/mol. The SMILES string of the molecule is CCCC(C(=O)O)[Si]1CCCCO1. The molecule has 0 amide bonds. The summed E-state index contributed by atoms with van der Waals surface area (Å²) in [6, 6.07) is 1.02. The van der Waals surface area contributed by atoms with Gasteiger partial charge in [-0.05, 0) is 18.9 Å². The first-order valence-corrected chi connectivity index (χ1v) is 6.66. The Kier molecular flexibility index (Phi) is 4.45. The predicted molar refractivity (Wildman–Crippen MR) is 52.0 cm³/mol. The lowest BCUT2D eigenvalue weighted by Crippen LogP contribution is -2.33. The second-order valence-corrected chi connectivity index (χ2v) is 5.87. The molecular weight excluding hydrogens is 184 g/mol. The van der Waals surface area contributed by atoms with E-state index < -0.39 is 15.0 Å². The minimum absolute atomic E-state index is 0.185. The third kappa shape index (κ3) is 3.12. The zero-order valence-corrected chi connectivity index (χ0v) is 9.08. The van der Waals surface area contributed by atoms with Gasteiger partial charge in [-0.1, -0.05) is 19.8 Å². The van der Waals surface area contributed by atoms with Gasteiger partial charge in [-0.25, -0.2) is 0 Å². The fraction of sp³-hybridized carbons (Fsp3) is 0.889. The summed E-state index contributed by atoms with van der Waals surface area (Å²) >= 11 is 0. The van der Waals surface area contributed by atoms with Crippen molar-refractivity contribution in [1.29, 1.82) is 0 Å². The van der Waals surface area contributed by atoms with Crippen LogP contribution in [0.4, 0.5) is 0 Å². The lowest BCUT2D eigenvalue weighted by atomic mass is 10.2. The third-order valence-corrected chi connectivity index (χ3v) is 5.10. The van der Waals surface area contributed by atoms with Crippen LogP contribution >= 0.6 is 0 Å². The number of carbonyl (C=O) groups is 1. The largest absolute Gasteiger partial charge is 0.481 e. The zero-order valence-electron chi connectivity index (χ0n) is 8.08. The average molecular weight is 201 g/mol. The van der Waals surface area contributed by atoms with Crippen molar-refractivity contribution in [2.75, 3.05) is 6.61 Å². The van der Waals surface area contributed by atoms with Gasteiger partial charge in [-0.3, -0.25) is 4.79 Å². The summed E-state index contributed by atoms with van der Waals surface area (Å²) in [6.45, 7) is 2.81. The fourth-order valence-electron chi connectivity index (χ4n) is 1.66. The molecule has 1 aliphatic heterocycles. The van der Waals surface area contributed by atoms with Crippen LogP contribution in [-0.4, -0.2) is 26.7 Å². The molecule has 0 aromatic carbocycles. The van der Waals surface area contributed by atoms with Crippen LogP contribution in [0.1, 0.15) is 32.6 Å². The van der Waals surface area contributed by atoms with E-state index in [1.807, 2.05) is 6.92 Å². The van der Waals surface area contributed by atoms with E-state index in [4.69, 9.17) is 9.53 Å². The summed E-state index contributed by atoms with van der Waals surface area (Å²) in [4.78, 5) is 10.9. The first kappa shape index (κ1) is 10.7. The topological polar surface area (TPSA) is 46.5 Å². The van der Waals surface area contributed by atoms with Crippen LogP contribution in [-0.2, 0) is 9.22 Å². The fourth-order valence-corrected chi connectivity index (χ4v) is 4.25. The molecule has 1 saturated heterocycles. The molecule has 1 unspecified atom stereocenters. The molecule has 0 bridgehead atoms. The van der Waals surface area contributed by atoms with Gasteiger partial charge in [0.05, 0.1) is 5.54 Å². The van der Waals surface area contributed by atoms with Crippen LogP contribution < -0.4 is 0 Å². The van der Waals surface area contributed by atoms with Crippen molar-refractivity contribution in [3.63, 3.8) is 0 Å². The third-order valence-electron chi connectivity index (χ3n) is 2.37. The Bertz CT molecular complexity index is 166. The molecule has 1 N–H and O–H groups in total. The summed E-state index contributed by atoms with van der Waals surface area (Å²) in [6.07, 6.45) is 3.98. The van der Waals surface area contributed by atoms with Gasteiger partial charge in [0.1, 0.15) is 0 Å². The van der Waals surface area contributed by atoms with Crippen molar-refractivity contribution in [3.05, 3.63) is 0 Å². The second-order valence-electron chi connectivity index (χ2n) is 3.45. The normalized spacial score (nSPS) is 21.3. The quantitative estimate of drug-likeness (QED) is 0.708. The molecule has 75 valence electrons. The molecule has 0 aromatic rings. The number of hydrogen-bond donors (Lipinski definition) is 1. The van der Waals surface area contributed by atoms with Crippen molar-refractivity contribution in [2.45, 2.75) is 44.2 Å². The molecule has 4 heteroatoms. The Hall–Kier alpha value is -0.353. The average Bonchev–Trinajstić information content (AvgIpc) is 2.15. The standard InChI is InChI=1S/C9H17O3Si/c1-2-5-8(9(10)11)13-7-4-3-6-12-13/h8H,2-7H2,1H3,(H,10,11). The highest BCUT2D eigenvalue weighted by Gasteiger charge is 2.32. The van der Waals surface area contributed by atoms with E-state index in [1.54, 1.807) is 0 Å². The summed E-state index contributed by atoms with van der Waals surface area (Å²) in [5.41, 5.74) is -0.185. The first-order chi connectivity index (χ1) is 6.25. The Labute approximate surface area is 80.8 Å². The van der Waals surface area contributed by atoms with Crippen molar-refractivity contribution < 1.29 is 14.3 Å². The van der Waals surface area contributed by atoms with Crippen molar-refractivity contribution in [3.8, 4) is 0 Å². The number of rotatable bonds is 4. The minimum atomic E-state index is -1.05. The Balaban J connectivity index is 2.46. The lowest BCUT2D eigenvalue weighted by Gasteiger charge is -2.25. The smallest absolute Gasteiger partial charge is 0.305 e. The Morgan fingerprint density at radius 3 is 2.85 bits per heavy atom. The van der Waals surface area contributed by atoms with E-state index in [1.165, 1.54) is 0 Å². The molecule has 3 nitrogen and oxygen atoms in total. The van der Waals surface area contributed by atoms with Gasteiger partial charge in [0, 0.05) is 6.61 Å². The van der Waals surface area contributed by atoms with Crippen LogP contribution in [0.5, 0.6) is 0 Å². The van der Waals surface area contributed by atoms with Crippen molar-refractivity contribution in [2.24, 2.45) is 0 Å². The maximum absolute atomic E-state index is 10.9. The van der Waals surface area contributed by atoms with Crippen LogP contribution in [0.2, 0.25) is 11.6 Å². The van der Waals surface area contributed by atoms with Crippen molar-refractivity contribution >= 4 is 15.0 Å². The summed E-state index contributed by atoms with van der Waals surface area (Å²) in [5, 5.41) is 9.00. The number of aliphatic carboxylic acids is 1. The van der Waals surface area contributed by atoms with Gasteiger partial charge in [0.25, 0.3) is 0 Å². The summed E-state index contributed by atoms with van der Waals surface area (Å²) < 4.78 is 5.57.